The number of anilines is 1. The number of benzene rings is 1. The fourth-order valence-corrected chi connectivity index (χ4v) is 2.92. The summed E-state index contributed by atoms with van der Waals surface area (Å²) in [6.07, 6.45) is 1.69. The molecule has 0 unspecified atom stereocenters. The molecule has 0 saturated heterocycles. The lowest BCUT2D eigenvalue weighted by Crippen LogP contribution is -2.26. The van der Waals surface area contributed by atoms with Crippen LogP contribution in [0.1, 0.15) is 6.92 Å². The van der Waals surface area contributed by atoms with Crippen LogP contribution in [0.3, 0.4) is 0 Å². The number of carbonyl (C=O) groups excluding carboxylic acids is 1. The summed E-state index contributed by atoms with van der Waals surface area (Å²) < 4.78 is 7.11. The van der Waals surface area contributed by atoms with Gasteiger partial charge < -0.3 is 15.4 Å². The van der Waals surface area contributed by atoms with E-state index in [-0.39, 0.29) is 5.91 Å². The third kappa shape index (κ3) is 3.84. The molecule has 1 amide bonds. The molecule has 9 heteroatoms. The third-order valence-electron chi connectivity index (χ3n) is 3.70. The molecule has 0 saturated carbocycles. The Bertz CT molecular complexity index is 958. The maximum atomic E-state index is 11.0. The maximum absolute atomic E-state index is 11.0. The highest BCUT2D eigenvalue weighted by atomic mass is 35.5. The Morgan fingerprint density at radius 2 is 2.08 bits per heavy atom. The molecular formula is C17H17Cl2N5O2. The molecule has 0 aliphatic carbocycles. The summed E-state index contributed by atoms with van der Waals surface area (Å²) in [5.74, 6) is 1.13. The van der Waals surface area contributed by atoms with Crippen molar-refractivity contribution >= 4 is 45.8 Å². The summed E-state index contributed by atoms with van der Waals surface area (Å²) in [4.78, 5) is 15.3. The van der Waals surface area contributed by atoms with Crippen LogP contribution in [0.15, 0.2) is 30.5 Å². The van der Waals surface area contributed by atoms with Crippen LogP contribution in [0.2, 0.25) is 10.2 Å². The molecule has 0 radical (unpaired) electrons. The van der Waals surface area contributed by atoms with Crippen molar-refractivity contribution in [2.45, 2.75) is 6.92 Å². The van der Waals surface area contributed by atoms with Crippen LogP contribution in [-0.2, 0) is 4.79 Å². The first-order chi connectivity index (χ1) is 12.5. The Labute approximate surface area is 160 Å². The van der Waals surface area contributed by atoms with Crippen LogP contribution in [-0.4, -0.2) is 40.9 Å². The number of methoxy groups -OCH3 is 1. The van der Waals surface area contributed by atoms with Gasteiger partial charge in [0.2, 0.25) is 5.91 Å². The highest BCUT2D eigenvalue weighted by Gasteiger charge is 2.15. The normalized spacial score (nSPS) is 10.8. The third-order valence-corrected chi connectivity index (χ3v) is 4.13. The lowest BCUT2D eigenvalue weighted by Gasteiger charge is -2.11. The standard InChI is InChI=1S/C17H17Cl2N5O2/c1-10(25)20-5-6-21-17-12-9-22-24(13(12)8-16(19)23-17)14-7-11(18)3-4-15(14)26-2/h3-4,7-9H,5-6H2,1-2H3,(H,20,25)(H,21,23). The van der Waals surface area contributed by atoms with Crippen LogP contribution >= 0.6 is 23.2 Å². The molecule has 0 bridgehead atoms. The van der Waals surface area contributed by atoms with Gasteiger partial charge in [-0.25, -0.2) is 9.67 Å². The topological polar surface area (TPSA) is 81.1 Å². The van der Waals surface area contributed by atoms with E-state index < -0.39 is 0 Å². The molecule has 136 valence electrons. The summed E-state index contributed by atoms with van der Waals surface area (Å²) in [5.41, 5.74) is 1.45. The molecule has 2 N–H and O–H groups in total. The van der Waals surface area contributed by atoms with Crippen molar-refractivity contribution in [3.05, 3.63) is 40.6 Å². The van der Waals surface area contributed by atoms with Crippen molar-refractivity contribution in [3.8, 4) is 11.4 Å². The Morgan fingerprint density at radius 1 is 1.27 bits per heavy atom. The van der Waals surface area contributed by atoms with Gasteiger partial charge >= 0.3 is 0 Å². The smallest absolute Gasteiger partial charge is 0.216 e. The van der Waals surface area contributed by atoms with E-state index in [1.165, 1.54) is 6.92 Å². The minimum Gasteiger partial charge on any atom is -0.494 e. The van der Waals surface area contributed by atoms with Gasteiger partial charge in [-0.1, -0.05) is 23.2 Å². The van der Waals surface area contributed by atoms with Crippen LogP contribution < -0.4 is 15.4 Å². The number of rotatable bonds is 6. The zero-order valence-corrected chi connectivity index (χ0v) is 15.7. The number of amides is 1. The Morgan fingerprint density at radius 3 is 2.81 bits per heavy atom. The summed E-state index contributed by atoms with van der Waals surface area (Å²) >= 11 is 12.3. The van der Waals surface area contributed by atoms with E-state index in [9.17, 15) is 4.79 Å². The lowest BCUT2D eigenvalue weighted by molar-refractivity contribution is -0.118. The highest BCUT2D eigenvalue weighted by molar-refractivity contribution is 6.31. The second-order valence-corrected chi connectivity index (χ2v) is 6.33. The Hall–Kier alpha value is -2.51. The Balaban J connectivity index is 2.00. The molecule has 0 atom stereocenters. The number of nitrogens with one attached hydrogen (secondary N) is 2. The first-order valence-electron chi connectivity index (χ1n) is 7.86. The van der Waals surface area contributed by atoms with E-state index in [1.807, 2.05) is 0 Å². The number of hydrogen-bond donors (Lipinski definition) is 2. The second kappa shape index (κ2) is 7.80. The van der Waals surface area contributed by atoms with Crippen LogP contribution in [0.25, 0.3) is 16.6 Å². The molecule has 0 aliphatic heterocycles. The lowest BCUT2D eigenvalue weighted by atomic mass is 10.2. The highest BCUT2D eigenvalue weighted by Crippen LogP contribution is 2.31. The predicted octanol–water partition coefficient (Wildman–Crippen LogP) is 3.28. The average molecular weight is 394 g/mol. The van der Waals surface area contributed by atoms with Crippen molar-refractivity contribution in [3.63, 3.8) is 0 Å². The first-order valence-corrected chi connectivity index (χ1v) is 8.61. The van der Waals surface area contributed by atoms with E-state index in [1.54, 1.807) is 42.3 Å². The van der Waals surface area contributed by atoms with E-state index in [4.69, 9.17) is 27.9 Å². The van der Waals surface area contributed by atoms with Gasteiger partial charge in [0.05, 0.1) is 24.2 Å². The molecule has 1 aromatic carbocycles. The number of fused-ring (bicyclic) bond motifs is 1. The fourth-order valence-electron chi connectivity index (χ4n) is 2.57. The molecule has 26 heavy (non-hydrogen) atoms. The SMILES string of the molecule is COc1ccc(Cl)cc1-n1ncc2c(NCCNC(C)=O)nc(Cl)cc21. The van der Waals surface area contributed by atoms with Crippen molar-refractivity contribution < 1.29 is 9.53 Å². The fraction of sp³-hybridized carbons (Fsp3) is 0.235. The summed E-state index contributed by atoms with van der Waals surface area (Å²) in [6, 6.07) is 7.02. The largest absolute Gasteiger partial charge is 0.494 e. The monoisotopic (exact) mass is 393 g/mol. The average Bonchev–Trinajstić information content (AvgIpc) is 3.02. The van der Waals surface area contributed by atoms with E-state index in [2.05, 4.69) is 20.7 Å². The molecule has 2 heterocycles. The quantitative estimate of drug-likeness (QED) is 0.496. The minimum atomic E-state index is -0.0862. The molecule has 0 aliphatic rings. The van der Waals surface area contributed by atoms with Gasteiger partial charge in [-0.3, -0.25) is 4.79 Å². The number of hydrogen-bond acceptors (Lipinski definition) is 5. The zero-order valence-electron chi connectivity index (χ0n) is 14.2. The van der Waals surface area contributed by atoms with Crippen molar-refractivity contribution in [1.82, 2.24) is 20.1 Å². The van der Waals surface area contributed by atoms with Crippen molar-refractivity contribution in [1.29, 1.82) is 0 Å². The van der Waals surface area contributed by atoms with Gasteiger partial charge in [0.25, 0.3) is 0 Å². The van der Waals surface area contributed by atoms with E-state index in [0.717, 1.165) is 10.9 Å². The van der Waals surface area contributed by atoms with Gasteiger partial charge in [0.15, 0.2) is 0 Å². The molecule has 0 fully saturated rings. The number of halogens is 2. The van der Waals surface area contributed by atoms with Crippen LogP contribution in [0, 0.1) is 0 Å². The van der Waals surface area contributed by atoms with E-state index >= 15 is 0 Å². The molecule has 7 nitrogen and oxygen atoms in total. The van der Waals surface area contributed by atoms with Gasteiger partial charge in [0, 0.05) is 31.1 Å². The number of pyridine rings is 1. The molecule has 0 spiro atoms. The molecule has 3 rings (SSSR count). The van der Waals surface area contributed by atoms with Gasteiger partial charge in [-0.2, -0.15) is 5.10 Å². The summed E-state index contributed by atoms with van der Waals surface area (Å²) in [5, 5.41) is 12.0. The van der Waals surface area contributed by atoms with Gasteiger partial charge in [0.1, 0.15) is 22.4 Å². The first kappa shape index (κ1) is 18.3. The molecule has 2 aromatic heterocycles. The zero-order chi connectivity index (χ0) is 18.7. The van der Waals surface area contributed by atoms with Crippen LogP contribution in [0.5, 0.6) is 5.75 Å². The number of carbonyl (C=O) groups is 1. The number of aromatic nitrogens is 3. The van der Waals surface area contributed by atoms with Crippen molar-refractivity contribution in [2.75, 3.05) is 25.5 Å². The second-order valence-electron chi connectivity index (χ2n) is 5.51. The predicted molar refractivity (Wildman–Crippen MR) is 103 cm³/mol. The van der Waals surface area contributed by atoms with Crippen LogP contribution in [0.4, 0.5) is 5.82 Å². The van der Waals surface area contributed by atoms with Crippen molar-refractivity contribution in [2.24, 2.45) is 0 Å². The minimum absolute atomic E-state index is 0.0862. The Kier molecular flexibility index (Phi) is 5.49. The van der Waals surface area contributed by atoms with Gasteiger partial charge in [-0.15, -0.1) is 0 Å². The van der Waals surface area contributed by atoms with Gasteiger partial charge in [-0.05, 0) is 18.2 Å². The van der Waals surface area contributed by atoms with E-state index in [0.29, 0.717) is 40.5 Å². The summed E-state index contributed by atoms with van der Waals surface area (Å²) in [7, 11) is 1.59. The maximum Gasteiger partial charge on any atom is 0.216 e. The molecule has 3 aromatic rings. The number of ether oxygens (including phenoxy) is 1. The summed E-state index contributed by atoms with van der Waals surface area (Å²) in [6.45, 7) is 2.45. The molecular weight excluding hydrogens is 377 g/mol. The number of nitrogens with zero attached hydrogens (tertiary/aromatic N) is 3.